The van der Waals surface area contributed by atoms with Crippen molar-refractivity contribution in [2.24, 2.45) is 5.16 Å². The lowest BCUT2D eigenvalue weighted by atomic mass is 10.0. The van der Waals surface area contributed by atoms with E-state index in [0.29, 0.717) is 18.2 Å². The molecule has 0 aliphatic rings. The minimum absolute atomic E-state index is 0.0414. The fraction of sp³-hybridized carbons (Fsp3) is 0.278. The number of nitrogens with zero attached hydrogens (tertiary/aromatic N) is 1. The predicted molar refractivity (Wildman–Crippen MR) is 89.9 cm³/mol. The molecule has 0 heterocycles. The van der Waals surface area contributed by atoms with E-state index < -0.39 is 53.0 Å². The van der Waals surface area contributed by atoms with E-state index in [0.717, 1.165) is 19.1 Å². The molecule has 0 fully saturated rings. The van der Waals surface area contributed by atoms with Crippen molar-refractivity contribution < 1.29 is 44.4 Å². The topological polar surface area (TPSA) is 21.6 Å². The van der Waals surface area contributed by atoms with E-state index >= 15 is 0 Å². The van der Waals surface area contributed by atoms with E-state index in [9.17, 15) is 39.5 Å². The third-order valence-electron chi connectivity index (χ3n) is 3.76. The van der Waals surface area contributed by atoms with Gasteiger partial charge in [-0.05, 0) is 48.9 Å². The molecule has 2 aromatic rings. The summed E-state index contributed by atoms with van der Waals surface area (Å²) in [6, 6.07) is 3.47. The van der Waals surface area contributed by atoms with Crippen molar-refractivity contribution >= 4 is 17.3 Å². The second-order valence-corrected chi connectivity index (χ2v) is 6.49. The summed E-state index contributed by atoms with van der Waals surface area (Å²) in [7, 11) is 0. The van der Waals surface area contributed by atoms with Gasteiger partial charge in [0.15, 0.2) is 0 Å². The van der Waals surface area contributed by atoms with Crippen molar-refractivity contribution in [3.05, 3.63) is 69.2 Å². The molecule has 0 N–H and O–H groups in total. The van der Waals surface area contributed by atoms with Crippen molar-refractivity contribution in [1.82, 2.24) is 0 Å². The monoisotopic (exact) mass is 463 g/mol. The van der Waals surface area contributed by atoms with Crippen LogP contribution in [0.15, 0.2) is 41.6 Å². The lowest BCUT2D eigenvalue weighted by Gasteiger charge is -2.14. The second kappa shape index (κ2) is 8.37. The fourth-order valence-corrected chi connectivity index (χ4v) is 2.59. The van der Waals surface area contributed by atoms with Crippen LogP contribution in [0.1, 0.15) is 34.7 Å². The maximum atomic E-state index is 13.1. The molecule has 0 unspecified atom stereocenters. The minimum atomic E-state index is -5.04. The lowest BCUT2D eigenvalue weighted by molar-refractivity contribution is -0.143. The van der Waals surface area contributed by atoms with Gasteiger partial charge in [-0.2, -0.15) is 39.5 Å². The third kappa shape index (κ3) is 6.04. The molecule has 164 valence electrons. The molecule has 0 aliphatic carbocycles. The van der Waals surface area contributed by atoms with Gasteiger partial charge in [0.25, 0.3) is 0 Å². The van der Waals surface area contributed by atoms with Gasteiger partial charge in [-0.15, -0.1) is 0 Å². The minimum Gasteiger partial charge on any atom is -0.391 e. The van der Waals surface area contributed by atoms with Crippen LogP contribution in [0.4, 0.5) is 39.5 Å². The molecule has 0 saturated heterocycles. The van der Waals surface area contributed by atoms with Gasteiger partial charge in [0, 0.05) is 10.6 Å². The van der Waals surface area contributed by atoms with Gasteiger partial charge >= 0.3 is 18.5 Å². The van der Waals surface area contributed by atoms with Crippen LogP contribution < -0.4 is 0 Å². The van der Waals surface area contributed by atoms with E-state index in [1.165, 1.54) is 0 Å². The lowest BCUT2D eigenvalue weighted by Crippen LogP contribution is -2.13. The summed E-state index contributed by atoms with van der Waals surface area (Å²) in [5.74, 6) is 0. The standard InChI is InChI=1S/C18H11ClF9NO/c1-9(14-7-13(19)2-3-15(14)18(26,27)28)29-30-8-10-4-11(16(20,21)22)6-12(5-10)17(23,24)25/h2-7H,8H2,1H3/b29-9+. The Bertz CT molecular complexity index is 914. The first-order valence-electron chi connectivity index (χ1n) is 7.91. The molecule has 0 atom stereocenters. The number of halogens is 10. The Morgan fingerprint density at radius 3 is 1.83 bits per heavy atom. The van der Waals surface area contributed by atoms with Gasteiger partial charge in [0.1, 0.15) is 6.61 Å². The van der Waals surface area contributed by atoms with Crippen molar-refractivity contribution in [1.29, 1.82) is 0 Å². The molecule has 0 spiro atoms. The molecule has 30 heavy (non-hydrogen) atoms. The maximum absolute atomic E-state index is 13.1. The van der Waals surface area contributed by atoms with Crippen molar-refractivity contribution in [2.45, 2.75) is 32.1 Å². The van der Waals surface area contributed by atoms with Crippen LogP contribution in [0, 0.1) is 0 Å². The highest BCUT2D eigenvalue weighted by atomic mass is 35.5. The Hall–Kier alpha value is -2.43. The first-order chi connectivity index (χ1) is 13.6. The van der Waals surface area contributed by atoms with Crippen molar-refractivity contribution in [3.63, 3.8) is 0 Å². The predicted octanol–water partition coefficient (Wildman–Crippen LogP) is 7.34. The van der Waals surface area contributed by atoms with Crippen molar-refractivity contribution in [2.75, 3.05) is 0 Å². The van der Waals surface area contributed by atoms with Gasteiger partial charge in [-0.1, -0.05) is 16.8 Å². The van der Waals surface area contributed by atoms with Gasteiger partial charge < -0.3 is 4.84 Å². The molecule has 0 bridgehead atoms. The Morgan fingerprint density at radius 2 is 1.37 bits per heavy atom. The normalized spacial score (nSPS) is 13.5. The van der Waals surface area contributed by atoms with Crippen LogP contribution in [0.3, 0.4) is 0 Å². The average molecular weight is 464 g/mol. The number of alkyl halides is 9. The molecular weight excluding hydrogens is 453 g/mol. The molecule has 0 saturated carbocycles. The SMILES string of the molecule is C/C(=N\OCc1cc(C(F)(F)F)cc(C(F)(F)F)c1)c1cc(Cl)ccc1C(F)(F)F. The molecule has 2 aromatic carbocycles. The van der Waals surface area contributed by atoms with Gasteiger partial charge in [-0.25, -0.2) is 0 Å². The van der Waals surface area contributed by atoms with Crippen molar-refractivity contribution in [3.8, 4) is 0 Å². The summed E-state index contributed by atoms with van der Waals surface area (Å²) < 4.78 is 116. The Labute approximate surface area is 168 Å². The van der Waals surface area contributed by atoms with E-state index in [4.69, 9.17) is 16.4 Å². The molecule has 0 aliphatic heterocycles. The molecule has 0 aromatic heterocycles. The average Bonchev–Trinajstić information content (AvgIpc) is 2.58. The molecule has 2 rings (SSSR count). The zero-order chi connectivity index (χ0) is 22.9. The highest BCUT2D eigenvalue weighted by molar-refractivity contribution is 6.31. The van der Waals surface area contributed by atoms with Crippen LogP contribution in [0.25, 0.3) is 0 Å². The Morgan fingerprint density at radius 1 is 0.833 bits per heavy atom. The zero-order valence-corrected chi connectivity index (χ0v) is 15.6. The second-order valence-electron chi connectivity index (χ2n) is 6.05. The summed E-state index contributed by atoms with van der Waals surface area (Å²) in [6.45, 7) is 0.278. The molecule has 12 heteroatoms. The highest BCUT2D eigenvalue weighted by Gasteiger charge is 2.37. The van der Waals surface area contributed by atoms with Crippen LogP contribution >= 0.6 is 11.6 Å². The zero-order valence-electron chi connectivity index (χ0n) is 14.8. The van der Waals surface area contributed by atoms with Gasteiger partial charge in [0.05, 0.1) is 22.4 Å². The fourth-order valence-electron chi connectivity index (χ4n) is 2.42. The van der Waals surface area contributed by atoms with Crippen LogP contribution in [0.2, 0.25) is 5.02 Å². The Balaban J connectivity index is 2.32. The number of oxime groups is 1. The summed E-state index contributed by atoms with van der Waals surface area (Å²) in [4.78, 5) is 4.72. The van der Waals surface area contributed by atoms with Crippen LogP contribution in [0.5, 0.6) is 0 Å². The number of hydrogen-bond donors (Lipinski definition) is 0. The summed E-state index contributed by atoms with van der Waals surface area (Å²) in [5, 5.41) is 3.34. The smallest absolute Gasteiger partial charge is 0.391 e. The summed E-state index contributed by atoms with van der Waals surface area (Å²) in [5.41, 5.74) is -5.48. The first kappa shape index (κ1) is 23.8. The molecule has 0 amide bonds. The Kier molecular flexibility index (Phi) is 6.65. The molecule has 2 nitrogen and oxygen atoms in total. The maximum Gasteiger partial charge on any atom is 0.417 e. The van der Waals surface area contributed by atoms with E-state index in [1.807, 2.05) is 0 Å². The molecular formula is C18H11ClF9NO. The number of hydrogen-bond acceptors (Lipinski definition) is 2. The number of benzene rings is 2. The van der Waals surface area contributed by atoms with Gasteiger partial charge in [-0.3, -0.25) is 0 Å². The summed E-state index contributed by atoms with van der Waals surface area (Å²) in [6.07, 6.45) is -14.8. The van der Waals surface area contributed by atoms with Gasteiger partial charge in [0.2, 0.25) is 0 Å². The third-order valence-corrected chi connectivity index (χ3v) is 3.99. The number of rotatable bonds is 4. The quantitative estimate of drug-likeness (QED) is 0.264. The summed E-state index contributed by atoms with van der Waals surface area (Å²) >= 11 is 5.68. The molecule has 0 radical (unpaired) electrons. The highest BCUT2D eigenvalue weighted by Crippen LogP contribution is 2.37. The van der Waals surface area contributed by atoms with E-state index in [2.05, 4.69) is 5.16 Å². The first-order valence-corrected chi connectivity index (χ1v) is 8.29. The van der Waals surface area contributed by atoms with Crippen LogP contribution in [-0.2, 0) is 30.0 Å². The van der Waals surface area contributed by atoms with Crippen LogP contribution in [-0.4, -0.2) is 5.71 Å². The largest absolute Gasteiger partial charge is 0.417 e. The van der Waals surface area contributed by atoms with E-state index in [1.54, 1.807) is 0 Å². The van der Waals surface area contributed by atoms with E-state index in [-0.39, 0.29) is 16.8 Å².